The summed E-state index contributed by atoms with van der Waals surface area (Å²) in [5, 5.41) is 6.48. The summed E-state index contributed by atoms with van der Waals surface area (Å²) in [7, 11) is 0. The molecule has 0 aromatic rings. The number of rotatable bonds is 4. The molecule has 2 saturated heterocycles. The van der Waals surface area contributed by atoms with Crippen molar-refractivity contribution >= 4 is 5.91 Å². The Kier molecular flexibility index (Phi) is 3.57. The number of ether oxygens (including phenoxy) is 1. The number of hydrogen-bond donors (Lipinski definition) is 2. The van der Waals surface area contributed by atoms with Crippen LogP contribution in [0.3, 0.4) is 0 Å². The van der Waals surface area contributed by atoms with Gasteiger partial charge in [-0.3, -0.25) is 4.79 Å². The van der Waals surface area contributed by atoms with E-state index in [2.05, 4.69) is 10.6 Å². The highest BCUT2D eigenvalue weighted by molar-refractivity contribution is 5.82. The summed E-state index contributed by atoms with van der Waals surface area (Å²) < 4.78 is 5.56. The maximum absolute atomic E-state index is 12.1. The van der Waals surface area contributed by atoms with Gasteiger partial charge in [-0.15, -0.1) is 0 Å². The minimum Gasteiger partial charge on any atom is -0.378 e. The van der Waals surface area contributed by atoms with Gasteiger partial charge in [-0.1, -0.05) is 0 Å². The molecule has 1 spiro atoms. The molecule has 0 aromatic carbocycles. The number of amides is 1. The van der Waals surface area contributed by atoms with Gasteiger partial charge in [0, 0.05) is 19.1 Å². The lowest BCUT2D eigenvalue weighted by Crippen LogP contribution is -2.34. The van der Waals surface area contributed by atoms with Crippen LogP contribution >= 0.6 is 0 Å². The lowest BCUT2D eigenvalue weighted by molar-refractivity contribution is -0.123. The fourth-order valence-corrected chi connectivity index (χ4v) is 3.55. The first-order valence-electron chi connectivity index (χ1n) is 7.40. The van der Waals surface area contributed by atoms with Crippen molar-refractivity contribution in [2.24, 2.45) is 11.3 Å². The number of carbonyl (C=O) groups excluding carboxylic acids is 1. The molecular weight excluding hydrogens is 228 g/mol. The second-order valence-electron chi connectivity index (χ2n) is 6.08. The summed E-state index contributed by atoms with van der Waals surface area (Å²) in [5.74, 6) is 0.582. The second kappa shape index (κ2) is 5.17. The fraction of sp³-hybridized carbons (Fsp3) is 0.929. The zero-order valence-corrected chi connectivity index (χ0v) is 11.0. The minimum absolute atomic E-state index is 0.287. The lowest BCUT2D eigenvalue weighted by atomic mass is 9.92. The Bertz CT molecular complexity index is 307. The Morgan fingerprint density at radius 2 is 2.22 bits per heavy atom. The summed E-state index contributed by atoms with van der Waals surface area (Å²) >= 11 is 0. The number of piperidine rings is 1. The molecule has 4 nitrogen and oxygen atoms in total. The molecule has 0 radical (unpaired) electrons. The third-order valence-corrected chi connectivity index (χ3v) is 4.90. The topological polar surface area (TPSA) is 50.4 Å². The predicted octanol–water partition coefficient (Wildman–Crippen LogP) is 1.06. The van der Waals surface area contributed by atoms with Crippen molar-refractivity contribution in [3.8, 4) is 0 Å². The molecule has 2 atom stereocenters. The van der Waals surface area contributed by atoms with Crippen molar-refractivity contribution in [2.45, 2.75) is 44.6 Å². The number of carbonyl (C=O) groups is 1. The lowest BCUT2D eigenvalue weighted by Gasteiger charge is -2.23. The Hall–Kier alpha value is -0.610. The van der Waals surface area contributed by atoms with Crippen molar-refractivity contribution < 1.29 is 9.53 Å². The highest BCUT2D eigenvalue weighted by Crippen LogP contribution is 2.58. The van der Waals surface area contributed by atoms with Crippen LogP contribution in [0.5, 0.6) is 0 Å². The van der Waals surface area contributed by atoms with E-state index < -0.39 is 0 Å². The molecule has 102 valence electrons. The van der Waals surface area contributed by atoms with Gasteiger partial charge in [0.25, 0.3) is 0 Å². The van der Waals surface area contributed by atoms with Gasteiger partial charge in [0.2, 0.25) is 5.91 Å². The highest BCUT2D eigenvalue weighted by atomic mass is 16.5. The van der Waals surface area contributed by atoms with Gasteiger partial charge in [-0.2, -0.15) is 0 Å². The molecule has 2 heterocycles. The van der Waals surface area contributed by atoms with E-state index in [0.29, 0.717) is 17.4 Å². The molecule has 4 heteroatoms. The van der Waals surface area contributed by atoms with Gasteiger partial charge in [0.15, 0.2) is 0 Å². The third kappa shape index (κ3) is 2.54. The first-order chi connectivity index (χ1) is 8.80. The Balaban J connectivity index is 1.37. The number of nitrogens with one attached hydrogen (secondary N) is 2. The van der Waals surface area contributed by atoms with E-state index in [1.165, 1.54) is 19.3 Å². The average Bonchev–Trinajstić information content (AvgIpc) is 2.85. The molecule has 3 rings (SSSR count). The monoisotopic (exact) mass is 252 g/mol. The first-order valence-corrected chi connectivity index (χ1v) is 7.40. The third-order valence-electron chi connectivity index (χ3n) is 4.90. The summed E-state index contributed by atoms with van der Waals surface area (Å²) in [4.78, 5) is 12.1. The fourth-order valence-electron chi connectivity index (χ4n) is 3.55. The van der Waals surface area contributed by atoms with Crippen molar-refractivity contribution in [1.29, 1.82) is 0 Å². The summed E-state index contributed by atoms with van der Waals surface area (Å²) in [5.41, 5.74) is 0.360. The van der Waals surface area contributed by atoms with Crippen molar-refractivity contribution in [3.63, 3.8) is 0 Å². The maximum atomic E-state index is 12.1. The van der Waals surface area contributed by atoms with E-state index in [4.69, 9.17) is 4.74 Å². The summed E-state index contributed by atoms with van der Waals surface area (Å²) in [6, 6.07) is 0. The molecule has 1 saturated carbocycles. The van der Waals surface area contributed by atoms with Crippen LogP contribution in [0.15, 0.2) is 0 Å². The van der Waals surface area contributed by atoms with E-state index in [9.17, 15) is 4.79 Å². The molecule has 18 heavy (non-hydrogen) atoms. The zero-order valence-electron chi connectivity index (χ0n) is 11.0. The van der Waals surface area contributed by atoms with E-state index in [-0.39, 0.29) is 5.91 Å². The largest absolute Gasteiger partial charge is 0.378 e. The molecule has 3 fully saturated rings. The molecule has 0 aromatic heterocycles. The normalized spacial score (nSPS) is 33.6. The van der Waals surface area contributed by atoms with Gasteiger partial charge in [-0.05, 0) is 57.0 Å². The quantitative estimate of drug-likeness (QED) is 0.786. The van der Waals surface area contributed by atoms with Crippen molar-refractivity contribution in [1.82, 2.24) is 10.6 Å². The molecular formula is C14H24N2O2. The van der Waals surface area contributed by atoms with Crippen molar-refractivity contribution in [2.75, 3.05) is 26.2 Å². The van der Waals surface area contributed by atoms with Crippen LogP contribution in [0.1, 0.15) is 38.5 Å². The van der Waals surface area contributed by atoms with Crippen LogP contribution in [-0.2, 0) is 9.53 Å². The van der Waals surface area contributed by atoms with Crippen LogP contribution in [0.2, 0.25) is 0 Å². The maximum Gasteiger partial charge on any atom is 0.223 e. The predicted molar refractivity (Wildman–Crippen MR) is 69.2 cm³/mol. The van der Waals surface area contributed by atoms with Crippen LogP contribution in [0, 0.1) is 11.3 Å². The van der Waals surface area contributed by atoms with E-state index in [0.717, 1.165) is 45.5 Å². The second-order valence-corrected chi connectivity index (χ2v) is 6.08. The molecule has 0 bridgehead atoms. The Labute approximate surface area is 109 Å². The molecule has 1 aliphatic carbocycles. The Morgan fingerprint density at radius 1 is 1.39 bits per heavy atom. The van der Waals surface area contributed by atoms with Crippen LogP contribution in [-0.4, -0.2) is 38.3 Å². The van der Waals surface area contributed by atoms with Gasteiger partial charge in [0.05, 0.1) is 6.10 Å². The average molecular weight is 252 g/mol. The Morgan fingerprint density at radius 3 is 2.94 bits per heavy atom. The molecule has 2 unspecified atom stereocenters. The summed E-state index contributed by atoms with van der Waals surface area (Å²) in [6.07, 6.45) is 7.17. The van der Waals surface area contributed by atoms with Gasteiger partial charge in [0.1, 0.15) is 0 Å². The van der Waals surface area contributed by atoms with Crippen LogP contribution in [0.4, 0.5) is 0 Å². The highest BCUT2D eigenvalue weighted by Gasteiger charge is 2.57. The van der Waals surface area contributed by atoms with Crippen LogP contribution in [0.25, 0.3) is 0 Å². The number of hydrogen-bond acceptors (Lipinski definition) is 3. The molecule has 3 aliphatic rings. The first kappa shape index (κ1) is 12.4. The molecule has 1 amide bonds. The van der Waals surface area contributed by atoms with Crippen LogP contribution < -0.4 is 10.6 Å². The zero-order chi connectivity index (χ0) is 12.4. The summed E-state index contributed by atoms with van der Waals surface area (Å²) in [6.45, 7) is 3.85. The van der Waals surface area contributed by atoms with E-state index >= 15 is 0 Å². The molecule has 2 N–H and O–H groups in total. The van der Waals surface area contributed by atoms with Crippen molar-refractivity contribution in [3.05, 3.63) is 0 Å². The van der Waals surface area contributed by atoms with Gasteiger partial charge < -0.3 is 15.4 Å². The van der Waals surface area contributed by atoms with Gasteiger partial charge >= 0.3 is 0 Å². The van der Waals surface area contributed by atoms with E-state index in [1.54, 1.807) is 0 Å². The standard InChI is InChI=1S/C14H24N2O2/c17-13(16-6-3-11-2-1-9-18-11)12-10-14(12)4-7-15-8-5-14/h11-12,15H,1-10H2,(H,16,17). The SMILES string of the molecule is O=C(NCCC1CCCO1)C1CC12CCNCC2. The van der Waals surface area contributed by atoms with Gasteiger partial charge in [-0.25, -0.2) is 0 Å². The molecule has 2 aliphatic heterocycles. The van der Waals surface area contributed by atoms with E-state index in [1.807, 2.05) is 0 Å². The smallest absolute Gasteiger partial charge is 0.223 e. The minimum atomic E-state index is 0.287.